The third-order valence-electron chi connectivity index (χ3n) is 3.73. The largest absolute Gasteiger partial charge is 0.391 e. The molecule has 0 aromatic heterocycles. The summed E-state index contributed by atoms with van der Waals surface area (Å²) in [5.74, 6) is 0.239. The summed E-state index contributed by atoms with van der Waals surface area (Å²) in [5.41, 5.74) is 1.14. The number of hydrogen-bond donors (Lipinski definition) is 2. The number of para-hydroxylation sites is 1. The second-order valence-electron chi connectivity index (χ2n) is 4.96. The van der Waals surface area contributed by atoms with Crippen molar-refractivity contribution in [1.29, 1.82) is 0 Å². The van der Waals surface area contributed by atoms with Gasteiger partial charge in [-0.05, 0) is 24.5 Å². The Labute approximate surface area is 112 Å². The zero-order chi connectivity index (χ0) is 14.0. The summed E-state index contributed by atoms with van der Waals surface area (Å²) in [6.07, 6.45) is 0.397. The van der Waals surface area contributed by atoms with E-state index in [9.17, 15) is 15.2 Å². The average molecular weight is 265 g/mol. The first-order valence-electron chi connectivity index (χ1n) is 6.42. The van der Waals surface area contributed by atoms with Gasteiger partial charge in [-0.2, -0.15) is 0 Å². The molecule has 1 saturated heterocycles. The number of hydrogen-bond acceptors (Lipinski definition) is 5. The van der Waals surface area contributed by atoms with Crippen LogP contribution in [0.4, 0.5) is 17.1 Å². The van der Waals surface area contributed by atoms with Gasteiger partial charge in [-0.15, -0.1) is 0 Å². The molecule has 0 aliphatic carbocycles. The van der Waals surface area contributed by atoms with Crippen LogP contribution in [-0.2, 0) is 0 Å². The maximum atomic E-state index is 11.3. The maximum absolute atomic E-state index is 11.3. The summed E-state index contributed by atoms with van der Waals surface area (Å²) < 4.78 is 0. The Hall–Kier alpha value is -1.82. The van der Waals surface area contributed by atoms with Crippen molar-refractivity contribution in [3.05, 3.63) is 28.3 Å². The van der Waals surface area contributed by atoms with Crippen LogP contribution in [0.2, 0.25) is 0 Å². The Morgan fingerprint density at radius 1 is 1.53 bits per heavy atom. The number of nitrogens with zero attached hydrogens (tertiary/aromatic N) is 2. The smallest absolute Gasteiger partial charge is 0.315 e. The topological polar surface area (TPSA) is 78.6 Å². The number of piperidine rings is 1. The van der Waals surface area contributed by atoms with Crippen molar-refractivity contribution in [3.8, 4) is 0 Å². The second kappa shape index (κ2) is 5.44. The van der Waals surface area contributed by atoms with Crippen LogP contribution in [0.3, 0.4) is 0 Å². The van der Waals surface area contributed by atoms with Gasteiger partial charge in [0.05, 0.1) is 11.0 Å². The third-order valence-corrected chi connectivity index (χ3v) is 3.73. The zero-order valence-electron chi connectivity index (χ0n) is 11.2. The van der Waals surface area contributed by atoms with Gasteiger partial charge in [0, 0.05) is 20.1 Å². The monoisotopic (exact) mass is 265 g/mol. The molecule has 1 aliphatic rings. The number of rotatable bonds is 3. The van der Waals surface area contributed by atoms with E-state index in [-0.39, 0.29) is 16.5 Å². The van der Waals surface area contributed by atoms with E-state index in [1.807, 2.05) is 11.8 Å². The Balaban J connectivity index is 2.37. The molecule has 6 nitrogen and oxygen atoms in total. The predicted molar refractivity (Wildman–Crippen MR) is 74.6 cm³/mol. The maximum Gasteiger partial charge on any atom is 0.315 e. The number of nitro groups is 1. The number of anilines is 2. The Kier molecular flexibility index (Phi) is 3.90. The number of aliphatic hydroxyl groups is 1. The summed E-state index contributed by atoms with van der Waals surface area (Å²) in [7, 11) is 1.67. The fourth-order valence-electron chi connectivity index (χ4n) is 2.45. The van der Waals surface area contributed by atoms with Crippen molar-refractivity contribution in [2.45, 2.75) is 19.4 Å². The highest BCUT2D eigenvalue weighted by atomic mass is 16.6. The quantitative estimate of drug-likeness (QED) is 0.644. The van der Waals surface area contributed by atoms with Gasteiger partial charge in [0.25, 0.3) is 0 Å². The molecule has 1 aliphatic heterocycles. The number of nitro benzene ring substituents is 1. The number of benzene rings is 1. The van der Waals surface area contributed by atoms with Crippen LogP contribution >= 0.6 is 0 Å². The minimum absolute atomic E-state index is 0.0757. The van der Waals surface area contributed by atoms with Crippen molar-refractivity contribution >= 4 is 17.1 Å². The van der Waals surface area contributed by atoms with Gasteiger partial charge in [-0.1, -0.05) is 13.0 Å². The minimum atomic E-state index is -0.438. The molecule has 1 aromatic carbocycles. The van der Waals surface area contributed by atoms with Crippen LogP contribution in [0.5, 0.6) is 0 Å². The van der Waals surface area contributed by atoms with Crippen LogP contribution in [0.15, 0.2) is 18.2 Å². The third kappa shape index (κ3) is 2.63. The van der Waals surface area contributed by atoms with Gasteiger partial charge >= 0.3 is 5.69 Å². The van der Waals surface area contributed by atoms with Crippen molar-refractivity contribution in [3.63, 3.8) is 0 Å². The Bertz CT molecular complexity index is 478. The molecule has 2 rings (SSSR count). The molecule has 0 radical (unpaired) electrons. The second-order valence-corrected chi connectivity index (χ2v) is 4.96. The minimum Gasteiger partial charge on any atom is -0.391 e. The lowest BCUT2D eigenvalue weighted by atomic mass is 9.95. The molecule has 2 atom stereocenters. The van der Waals surface area contributed by atoms with E-state index in [1.54, 1.807) is 25.2 Å². The van der Waals surface area contributed by atoms with Gasteiger partial charge in [0.2, 0.25) is 0 Å². The molecule has 1 fully saturated rings. The number of aliphatic hydroxyl groups excluding tert-OH is 1. The summed E-state index contributed by atoms with van der Waals surface area (Å²) >= 11 is 0. The van der Waals surface area contributed by atoms with Crippen molar-refractivity contribution in [2.75, 3.05) is 30.4 Å². The molecule has 0 spiro atoms. The van der Waals surface area contributed by atoms with Crippen molar-refractivity contribution in [2.24, 2.45) is 5.92 Å². The van der Waals surface area contributed by atoms with Gasteiger partial charge in [0.15, 0.2) is 0 Å². The molecule has 2 N–H and O–H groups in total. The molecule has 6 heteroatoms. The Morgan fingerprint density at radius 2 is 2.26 bits per heavy atom. The summed E-state index contributed by atoms with van der Waals surface area (Å²) in [6, 6.07) is 5.21. The summed E-state index contributed by atoms with van der Waals surface area (Å²) in [4.78, 5) is 12.8. The van der Waals surface area contributed by atoms with E-state index in [4.69, 9.17) is 0 Å². The van der Waals surface area contributed by atoms with E-state index < -0.39 is 6.10 Å². The molecular formula is C13H19N3O3. The van der Waals surface area contributed by atoms with Gasteiger partial charge in [0.1, 0.15) is 11.4 Å². The SMILES string of the molecule is CNc1cccc(N2CCC(C)C(O)C2)c1[N+](=O)[O-]. The number of nitrogens with one attached hydrogen (secondary N) is 1. The van der Waals surface area contributed by atoms with Crippen molar-refractivity contribution in [1.82, 2.24) is 0 Å². The lowest BCUT2D eigenvalue weighted by Gasteiger charge is -2.35. The molecule has 1 heterocycles. The van der Waals surface area contributed by atoms with Gasteiger partial charge in [-0.3, -0.25) is 10.1 Å². The highest BCUT2D eigenvalue weighted by molar-refractivity contribution is 5.77. The standard InChI is InChI=1S/C13H19N3O3/c1-9-6-7-15(8-12(9)17)11-5-3-4-10(14-2)13(11)16(18)19/h3-5,9,12,14,17H,6-8H2,1-2H3. The lowest BCUT2D eigenvalue weighted by molar-refractivity contribution is -0.383. The van der Waals surface area contributed by atoms with Crippen molar-refractivity contribution < 1.29 is 10.0 Å². The van der Waals surface area contributed by atoms with Crippen LogP contribution in [0.25, 0.3) is 0 Å². The van der Waals surface area contributed by atoms with E-state index in [1.165, 1.54) is 0 Å². The fourth-order valence-corrected chi connectivity index (χ4v) is 2.45. The first-order chi connectivity index (χ1) is 9.04. The molecular weight excluding hydrogens is 246 g/mol. The lowest BCUT2D eigenvalue weighted by Crippen LogP contribution is -2.43. The van der Waals surface area contributed by atoms with Gasteiger partial charge in [-0.25, -0.2) is 0 Å². The van der Waals surface area contributed by atoms with Gasteiger partial charge < -0.3 is 15.3 Å². The first kappa shape index (κ1) is 13.6. The van der Waals surface area contributed by atoms with Crippen LogP contribution in [0.1, 0.15) is 13.3 Å². The van der Waals surface area contributed by atoms with Crippen LogP contribution in [0, 0.1) is 16.0 Å². The average Bonchev–Trinajstić information content (AvgIpc) is 2.40. The van der Waals surface area contributed by atoms with Crippen LogP contribution < -0.4 is 10.2 Å². The number of β-amino-alcohol motifs (C(OH)–C–C–N with tert-alkyl or cyclic N) is 1. The normalized spacial score (nSPS) is 23.2. The summed E-state index contributed by atoms with van der Waals surface area (Å²) in [5, 5.41) is 24.1. The fraction of sp³-hybridized carbons (Fsp3) is 0.538. The Morgan fingerprint density at radius 3 is 2.84 bits per heavy atom. The molecule has 104 valence electrons. The highest BCUT2D eigenvalue weighted by Crippen LogP contribution is 2.36. The zero-order valence-corrected chi connectivity index (χ0v) is 11.2. The molecule has 19 heavy (non-hydrogen) atoms. The summed E-state index contributed by atoms with van der Waals surface area (Å²) in [6.45, 7) is 3.17. The molecule has 0 amide bonds. The first-order valence-corrected chi connectivity index (χ1v) is 6.42. The molecule has 1 aromatic rings. The predicted octanol–water partition coefficient (Wildman–Crippen LogP) is 1.84. The van der Waals surface area contributed by atoms with E-state index >= 15 is 0 Å². The highest BCUT2D eigenvalue weighted by Gasteiger charge is 2.29. The van der Waals surface area contributed by atoms with E-state index in [0.717, 1.165) is 13.0 Å². The molecule has 0 saturated carbocycles. The van der Waals surface area contributed by atoms with E-state index in [0.29, 0.717) is 17.9 Å². The van der Waals surface area contributed by atoms with Crippen LogP contribution in [-0.4, -0.2) is 36.3 Å². The molecule has 2 unspecified atom stereocenters. The van der Waals surface area contributed by atoms with E-state index in [2.05, 4.69) is 5.32 Å². The molecule has 0 bridgehead atoms.